The van der Waals surface area contributed by atoms with E-state index in [0.717, 1.165) is 32.5 Å². The Morgan fingerprint density at radius 1 is 1.23 bits per heavy atom. The van der Waals surface area contributed by atoms with Crippen LogP contribution in [0.2, 0.25) is 0 Å². The lowest BCUT2D eigenvalue weighted by atomic mass is 10.1. The second-order valence-corrected chi connectivity index (χ2v) is 6.15. The van der Waals surface area contributed by atoms with Crippen LogP contribution in [-0.2, 0) is 0 Å². The number of carboxylic acids is 1. The predicted molar refractivity (Wildman–Crippen MR) is 94.0 cm³/mol. The topological polar surface area (TPSA) is 87.6 Å². The number of aromatic carboxylic acids is 1. The van der Waals surface area contributed by atoms with Gasteiger partial charge in [0, 0.05) is 25.7 Å². The molecule has 0 amide bonds. The van der Waals surface area contributed by atoms with Crippen molar-refractivity contribution in [1.82, 2.24) is 14.9 Å². The highest BCUT2D eigenvalue weighted by Gasteiger charge is 2.19. The summed E-state index contributed by atoms with van der Waals surface area (Å²) in [6, 6.07) is 6.32. The van der Waals surface area contributed by atoms with E-state index in [0.29, 0.717) is 18.2 Å². The zero-order valence-electron chi connectivity index (χ0n) is 14.3. The predicted octanol–water partition coefficient (Wildman–Crippen LogP) is 2.27. The number of likely N-dealkylation sites (tertiary alicyclic amines) is 1. The lowest BCUT2D eigenvalue weighted by molar-refractivity contribution is 0.0690. The number of nitrogens with one attached hydrogen (secondary N) is 1. The Labute approximate surface area is 150 Å². The number of aromatic nitrogens is 2. The third-order valence-corrected chi connectivity index (χ3v) is 4.30. The second kappa shape index (κ2) is 8.57. The van der Waals surface area contributed by atoms with Crippen LogP contribution in [0.25, 0.3) is 0 Å². The summed E-state index contributed by atoms with van der Waals surface area (Å²) in [5.41, 5.74) is -0.0634. The molecule has 0 unspecified atom stereocenters. The zero-order valence-corrected chi connectivity index (χ0v) is 14.3. The van der Waals surface area contributed by atoms with Gasteiger partial charge in [-0.05, 0) is 37.1 Å². The summed E-state index contributed by atoms with van der Waals surface area (Å²) < 4.78 is 18.5. The Morgan fingerprint density at radius 3 is 2.58 bits per heavy atom. The molecule has 2 heterocycles. The maximum Gasteiger partial charge on any atom is 0.356 e. The quantitative estimate of drug-likeness (QED) is 0.783. The summed E-state index contributed by atoms with van der Waals surface area (Å²) in [5.74, 6) is -0.0890. The number of nitrogens with zero attached hydrogens (tertiary/aromatic N) is 3. The van der Waals surface area contributed by atoms with Crippen LogP contribution in [0.5, 0.6) is 5.75 Å². The number of rotatable bonds is 7. The summed E-state index contributed by atoms with van der Waals surface area (Å²) in [5, 5.41) is 12.1. The van der Waals surface area contributed by atoms with E-state index in [1.54, 1.807) is 12.1 Å². The lowest BCUT2D eigenvalue weighted by Gasteiger charge is -2.32. The fourth-order valence-corrected chi connectivity index (χ4v) is 2.85. The van der Waals surface area contributed by atoms with Gasteiger partial charge >= 0.3 is 5.97 Å². The maximum atomic E-state index is 12.8. The van der Waals surface area contributed by atoms with Crippen LogP contribution < -0.4 is 10.1 Å². The molecule has 0 saturated carbocycles. The average molecular weight is 360 g/mol. The van der Waals surface area contributed by atoms with Crippen molar-refractivity contribution < 1.29 is 19.0 Å². The minimum atomic E-state index is -1.08. The minimum Gasteiger partial charge on any atom is -0.492 e. The fourth-order valence-electron chi connectivity index (χ4n) is 2.85. The van der Waals surface area contributed by atoms with E-state index in [9.17, 15) is 9.18 Å². The SMILES string of the molecule is O=C(O)c1cnc(NC2CCN(CCOc3ccc(F)cc3)CC2)cn1. The van der Waals surface area contributed by atoms with Crippen molar-refractivity contribution in [1.29, 1.82) is 0 Å². The van der Waals surface area contributed by atoms with Crippen LogP contribution in [0.3, 0.4) is 0 Å². The van der Waals surface area contributed by atoms with Gasteiger partial charge in [-0.25, -0.2) is 19.2 Å². The Kier molecular flexibility index (Phi) is 5.96. The van der Waals surface area contributed by atoms with E-state index >= 15 is 0 Å². The first-order chi connectivity index (χ1) is 12.6. The molecule has 0 radical (unpaired) electrons. The molecule has 1 aliphatic rings. The smallest absolute Gasteiger partial charge is 0.356 e. The molecule has 0 bridgehead atoms. The molecule has 138 valence electrons. The van der Waals surface area contributed by atoms with Gasteiger partial charge in [-0.3, -0.25) is 4.90 Å². The highest BCUT2D eigenvalue weighted by atomic mass is 19.1. The van der Waals surface area contributed by atoms with Crippen molar-refractivity contribution in [2.24, 2.45) is 0 Å². The van der Waals surface area contributed by atoms with Gasteiger partial charge in [0.1, 0.15) is 24.0 Å². The van der Waals surface area contributed by atoms with Crippen molar-refractivity contribution >= 4 is 11.8 Å². The molecule has 0 spiro atoms. The fraction of sp³-hybridized carbons (Fsp3) is 0.389. The van der Waals surface area contributed by atoms with Crippen molar-refractivity contribution in [3.8, 4) is 5.75 Å². The van der Waals surface area contributed by atoms with E-state index in [2.05, 4.69) is 20.2 Å². The highest BCUT2D eigenvalue weighted by molar-refractivity contribution is 5.84. The zero-order chi connectivity index (χ0) is 18.4. The number of halogens is 1. The minimum absolute atomic E-state index is 0.0634. The van der Waals surface area contributed by atoms with Crippen LogP contribution >= 0.6 is 0 Å². The van der Waals surface area contributed by atoms with E-state index in [1.165, 1.54) is 24.5 Å². The van der Waals surface area contributed by atoms with Crippen molar-refractivity contribution in [2.45, 2.75) is 18.9 Å². The number of benzene rings is 1. The van der Waals surface area contributed by atoms with Gasteiger partial charge in [-0.2, -0.15) is 0 Å². The second-order valence-electron chi connectivity index (χ2n) is 6.15. The molecule has 26 heavy (non-hydrogen) atoms. The van der Waals surface area contributed by atoms with Crippen molar-refractivity contribution in [2.75, 3.05) is 31.6 Å². The van der Waals surface area contributed by atoms with Crippen LogP contribution in [0.15, 0.2) is 36.7 Å². The Morgan fingerprint density at radius 2 is 1.96 bits per heavy atom. The molecule has 1 saturated heterocycles. The van der Waals surface area contributed by atoms with E-state index in [4.69, 9.17) is 9.84 Å². The van der Waals surface area contributed by atoms with E-state index < -0.39 is 5.97 Å². The number of piperidine rings is 1. The third-order valence-electron chi connectivity index (χ3n) is 4.30. The molecule has 1 aliphatic heterocycles. The molecule has 2 N–H and O–H groups in total. The largest absolute Gasteiger partial charge is 0.492 e. The lowest BCUT2D eigenvalue weighted by Crippen LogP contribution is -2.41. The maximum absolute atomic E-state index is 12.8. The van der Waals surface area contributed by atoms with Crippen LogP contribution in [0.1, 0.15) is 23.3 Å². The van der Waals surface area contributed by atoms with Gasteiger partial charge in [-0.15, -0.1) is 0 Å². The molecule has 7 nitrogen and oxygen atoms in total. The number of hydrogen-bond acceptors (Lipinski definition) is 6. The Bertz CT molecular complexity index is 716. The van der Waals surface area contributed by atoms with Gasteiger partial charge in [0.15, 0.2) is 5.69 Å². The highest BCUT2D eigenvalue weighted by Crippen LogP contribution is 2.15. The van der Waals surface area contributed by atoms with Gasteiger partial charge in [-0.1, -0.05) is 0 Å². The number of ether oxygens (including phenoxy) is 1. The molecule has 0 aliphatic carbocycles. The molecular weight excluding hydrogens is 339 g/mol. The summed E-state index contributed by atoms with van der Waals surface area (Å²) in [6.07, 6.45) is 4.62. The number of anilines is 1. The standard InChI is InChI=1S/C18H21FN4O3/c19-13-1-3-15(4-2-13)26-10-9-23-7-5-14(6-8-23)22-17-12-20-16(11-21-17)18(24)25/h1-4,11-12,14H,5-10H2,(H,21,22)(H,24,25). The molecule has 8 heteroatoms. The first-order valence-electron chi connectivity index (χ1n) is 8.53. The van der Waals surface area contributed by atoms with Gasteiger partial charge in [0.25, 0.3) is 0 Å². The number of carbonyl (C=O) groups is 1. The summed E-state index contributed by atoms with van der Waals surface area (Å²) in [6.45, 7) is 3.25. The Hall–Kier alpha value is -2.74. The molecule has 2 aromatic rings. The molecule has 1 fully saturated rings. The van der Waals surface area contributed by atoms with Gasteiger partial charge < -0.3 is 15.2 Å². The summed E-state index contributed by atoms with van der Waals surface area (Å²) in [4.78, 5) is 21.0. The van der Waals surface area contributed by atoms with Crippen molar-refractivity contribution in [3.63, 3.8) is 0 Å². The average Bonchev–Trinajstić information content (AvgIpc) is 2.65. The molecule has 0 atom stereocenters. The number of hydrogen-bond donors (Lipinski definition) is 2. The van der Waals surface area contributed by atoms with Gasteiger partial charge in [0.2, 0.25) is 0 Å². The number of carboxylic acid groups (broad SMARTS) is 1. The van der Waals surface area contributed by atoms with Crippen LogP contribution in [0.4, 0.5) is 10.2 Å². The summed E-state index contributed by atoms with van der Waals surface area (Å²) >= 11 is 0. The van der Waals surface area contributed by atoms with Crippen LogP contribution in [0, 0.1) is 5.82 Å². The van der Waals surface area contributed by atoms with Crippen LogP contribution in [-0.4, -0.2) is 58.2 Å². The summed E-state index contributed by atoms with van der Waals surface area (Å²) in [7, 11) is 0. The first kappa shape index (κ1) is 18.1. The molecule has 1 aromatic heterocycles. The van der Waals surface area contributed by atoms with Gasteiger partial charge in [0.05, 0.1) is 12.4 Å². The first-order valence-corrected chi connectivity index (χ1v) is 8.53. The molecular formula is C18H21FN4O3. The Balaban J connectivity index is 1.37. The van der Waals surface area contributed by atoms with Crippen molar-refractivity contribution in [3.05, 3.63) is 48.2 Å². The molecule has 1 aromatic carbocycles. The monoisotopic (exact) mass is 360 g/mol. The van der Waals surface area contributed by atoms with E-state index in [-0.39, 0.29) is 17.6 Å². The molecule has 3 rings (SSSR count). The van der Waals surface area contributed by atoms with E-state index in [1.807, 2.05) is 0 Å². The normalized spacial score (nSPS) is 15.6. The third kappa shape index (κ3) is 5.13.